The molecule has 3 atom stereocenters. The maximum absolute atomic E-state index is 12.4. The van der Waals surface area contributed by atoms with Gasteiger partial charge in [0, 0.05) is 24.1 Å². The van der Waals surface area contributed by atoms with Crippen LogP contribution in [0.5, 0.6) is 0 Å². The van der Waals surface area contributed by atoms with Gasteiger partial charge in [-0.3, -0.25) is 4.90 Å². The molecule has 2 heterocycles. The molecule has 7 heteroatoms. The van der Waals surface area contributed by atoms with Gasteiger partial charge in [0.25, 0.3) is 0 Å². The summed E-state index contributed by atoms with van der Waals surface area (Å²) in [7, 11) is 2.10. The number of urea groups is 1. The first-order valence-corrected chi connectivity index (χ1v) is 11.4. The first kappa shape index (κ1) is 20.2. The second-order valence-electron chi connectivity index (χ2n) is 9.53. The molecule has 3 N–H and O–H groups in total. The van der Waals surface area contributed by atoms with Crippen molar-refractivity contribution in [2.24, 2.45) is 17.8 Å². The van der Waals surface area contributed by atoms with Crippen LogP contribution in [0.15, 0.2) is 16.5 Å². The van der Waals surface area contributed by atoms with E-state index in [-0.39, 0.29) is 12.6 Å². The Hall–Kier alpha value is -1.76. The molecule has 2 fully saturated rings. The number of fused-ring (bicyclic) bond motifs is 4. The van der Waals surface area contributed by atoms with Gasteiger partial charge in [0.15, 0.2) is 0 Å². The maximum atomic E-state index is 12.4. The van der Waals surface area contributed by atoms with Crippen molar-refractivity contribution in [2.45, 2.75) is 51.1 Å². The number of amides is 2. The number of furan rings is 1. The average Bonchev–Trinajstić information content (AvgIpc) is 3.12. The minimum atomic E-state index is -0.405. The van der Waals surface area contributed by atoms with Crippen LogP contribution in [-0.4, -0.2) is 36.2 Å². The SMILES string of the molecule is CC1C(CO)C1CN(C)Cc1cc2cc(Cl)c3c(c2o1)C1(CCCCC1)NC(=O)N3. The highest BCUT2D eigenvalue weighted by molar-refractivity contribution is 6.35. The molecule has 1 spiro atoms. The molecule has 2 aromatic rings. The standard InChI is InChI=1S/C23H30ClN3O3/c1-13-16(17(13)12-28)11-27(2)10-15-8-14-9-18(24)20-19(21(14)30-15)23(26-22(29)25-20)6-4-3-5-7-23/h8-9,13,16-17,28H,3-7,10-12H2,1-2H3,(H2,25,26,29). The summed E-state index contributed by atoms with van der Waals surface area (Å²) in [5, 5.41) is 17.1. The molecule has 6 nitrogen and oxygen atoms in total. The van der Waals surface area contributed by atoms with E-state index in [0.29, 0.717) is 35.0 Å². The van der Waals surface area contributed by atoms with Crippen molar-refractivity contribution < 1.29 is 14.3 Å². The number of hydrogen-bond donors (Lipinski definition) is 3. The lowest BCUT2D eigenvalue weighted by Crippen LogP contribution is -2.52. The number of carbonyl (C=O) groups is 1. The number of nitrogens with one attached hydrogen (secondary N) is 2. The number of aliphatic hydroxyl groups is 1. The van der Waals surface area contributed by atoms with Crippen molar-refractivity contribution in [1.82, 2.24) is 10.2 Å². The van der Waals surface area contributed by atoms with Crippen molar-refractivity contribution in [3.8, 4) is 0 Å². The normalized spacial score (nSPS) is 27.2. The average molecular weight is 432 g/mol. The van der Waals surface area contributed by atoms with E-state index in [1.54, 1.807) is 0 Å². The first-order chi connectivity index (χ1) is 14.4. The largest absolute Gasteiger partial charge is 0.459 e. The Kier molecular flexibility index (Phi) is 4.99. The van der Waals surface area contributed by atoms with Crippen molar-refractivity contribution in [1.29, 1.82) is 0 Å². The molecule has 1 aromatic heterocycles. The second kappa shape index (κ2) is 7.43. The highest BCUT2D eigenvalue weighted by atomic mass is 35.5. The fourth-order valence-corrected chi connectivity index (χ4v) is 6.00. The van der Waals surface area contributed by atoms with Crippen LogP contribution in [-0.2, 0) is 12.1 Å². The number of carbonyl (C=O) groups excluding carboxylic acids is 1. The van der Waals surface area contributed by atoms with E-state index >= 15 is 0 Å². The van der Waals surface area contributed by atoms with Crippen LogP contribution < -0.4 is 10.6 Å². The lowest BCUT2D eigenvalue weighted by atomic mass is 9.74. The van der Waals surface area contributed by atoms with Gasteiger partial charge >= 0.3 is 6.03 Å². The van der Waals surface area contributed by atoms with Gasteiger partial charge in [0.05, 0.1) is 22.8 Å². The Bertz CT molecular complexity index is 982. The number of aliphatic hydroxyl groups excluding tert-OH is 1. The van der Waals surface area contributed by atoms with Gasteiger partial charge < -0.3 is 20.2 Å². The summed E-state index contributed by atoms with van der Waals surface area (Å²) >= 11 is 6.61. The first-order valence-electron chi connectivity index (χ1n) is 11.1. The van der Waals surface area contributed by atoms with E-state index in [4.69, 9.17) is 16.0 Å². The predicted octanol–water partition coefficient (Wildman–Crippen LogP) is 4.69. The molecule has 0 bridgehead atoms. The van der Waals surface area contributed by atoms with Gasteiger partial charge in [-0.1, -0.05) is 37.8 Å². The van der Waals surface area contributed by atoms with Crippen molar-refractivity contribution in [3.63, 3.8) is 0 Å². The zero-order valence-corrected chi connectivity index (χ0v) is 18.4. The van der Waals surface area contributed by atoms with Crippen LogP contribution in [0.2, 0.25) is 5.02 Å². The summed E-state index contributed by atoms with van der Waals surface area (Å²) in [6, 6.07) is 3.79. The highest BCUT2D eigenvalue weighted by Gasteiger charge is 2.46. The summed E-state index contributed by atoms with van der Waals surface area (Å²) < 4.78 is 6.40. The molecule has 2 amide bonds. The number of benzene rings is 1. The second-order valence-corrected chi connectivity index (χ2v) is 9.93. The quantitative estimate of drug-likeness (QED) is 0.641. The van der Waals surface area contributed by atoms with Crippen LogP contribution >= 0.6 is 11.6 Å². The predicted molar refractivity (Wildman–Crippen MR) is 118 cm³/mol. The molecule has 3 unspecified atom stereocenters. The van der Waals surface area contributed by atoms with E-state index in [1.807, 2.05) is 6.07 Å². The maximum Gasteiger partial charge on any atom is 0.319 e. The van der Waals surface area contributed by atoms with E-state index < -0.39 is 5.54 Å². The molecule has 1 aliphatic heterocycles. The number of hydrogen-bond acceptors (Lipinski definition) is 4. The molecule has 30 heavy (non-hydrogen) atoms. The highest BCUT2D eigenvalue weighted by Crippen LogP contribution is 2.49. The summed E-state index contributed by atoms with van der Waals surface area (Å²) in [4.78, 5) is 14.7. The molecule has 1 aromatic carbocycles. The van der Waals surface area contributed by atoms with Crippen LogP contribution in [0.1, 0.15) is 50.4 Å². The smallest absolute Gasteiger partial charge is 0.319 e. The Morgan fingerprint density at radius 1 is 1.27 bits per heavy atom. The van der Waals surface area contributed by atoms with Gasteiger partial charge in [0.2, 0.25) is 0 Å². The summed E-state index contributed by atoms with van der Waals surface area (Å²) in [5.41, 5.74) is 2.13. The van der Waals surface area contributed by atoms with Gasteiger partial charge in [-0.25, -0.2) is 4.79 Å². The third-order valence-electron chi connectivity index (χ3n) is 7.51. The summed E-state index contributed by atoms with van der Waals surface area (Å²) in [6.07, 6.45) is 5.15. The molecular formula is C23H30ClN3O3. The molecule has 0 radical (unpaired) electrons. The van der Waals surface area contributed by atoms with Crippen molar-refractivity contribution in [3.05, 3.63) is 28.5 Å². The van der Waals surface area contributed by atoms with Gasteiger partial charge in [0.1, 0.15) is 11.3 Å². The minimum Gasteiger partial charge on any atom is -0.459 e. The van der Waals surface area contributed by atoms with Crippen LogP contribution in [0, 0.1) is 17.8 Å². The Labute approximate surface area is 181 Å². The van der Waals surface area contributed by atoms with E-state index in [2.05, 4.69) is 35.6 Å². The Morgan fingerprint density at radius 3 is 2.73 bits per heavy atom. The number of rotatable bonds is 5. The summed E-state index contributed by atoms with van der Waals surface area (Å²) in [6.45, 7) is 4.13. The fourth-order valence-electron chi connectivity index (χ4n) is 5.74. The molecule has 0 saturated heterocycles. The molecule has 5 rings (SSSR count). The Morgan fingerprint density at radius 2 is 2.03 bits per heavy atom. The lowest BCUT2D eigenvalue weighted by molar-refractivity contribution is 0.208. The fraction of sp³-hybridized carbons (Fsp3) is 0.609. The van der Waals surface area contributed by atoms with Crippen LogP contribution in [0.4, 0.5) is 10.5 Å². The van der Waals surface area contributed by atoms with Crippen LogP contribution in [0.25, 0.3) is 11.0 Å². The van der Waals surface area contributed by atoms with Crippen LogP contribution in [0.3, 0.4) is 0 Å². The number of halogens is 1. The van der Waals surface area contributed by atoms with E-state index in [1.165, 1.54) is 6.42 Å². The van der Waals surface area contributed by atoms with E-state index in [9.17, 15) is 9.90 Å². The molecule has 3 aliphatic rings. The third kappa shape index (κ3) is 3.29. The monoisotopic (exact) mass is 431 g/mol. The van der Waals surface area contributed by atoms with Crippen molar-refractivity contribution >= 4 is 34.3 Å². The van der Waals surface area contributed by atoms with Gasteiger partial charge in [-0.15, -0.1) is 0 Å². The van der Waals surface area contributed by atoms with E-state index in [0.717, 1.165) is 54.5 Å². The zero-order valence-electron chi connectivity index (χ0n) is 17.6. The molecular weight excluding hydrogens is 402 g/mol. The summed E-state index contributed by atoms with van der Waals surface area (Å²) in [5.74, 6) is 2.46. The number of nitrogens with zero attached hydrogens (tertiary/aromatic N) is 1. The molecule has 2 saturated carbocycles. The lowest BCUT2D eigenvalue weighted by Gasteiger charge is -2.42. The molecule has 2 aliphatic carbocycles. The zero-order chi connectivity index (χ0) is 21.0. The third-order valence-corrected chi connectivity index (χ3v) is 7.80. The van der Waals surface area contributed by atoms with Gasteiger partial charge in [-0.2, -0.15) is 0 Å². The molecule has 162 valence electrons. The van der Waals surface area contributed by atoms with Gasteiger partial charge in [-0.05, 0) is 49.8 Å². The van der Waals surface area contributed by atoms with Crippen molar-refractivity contribution in [2.75, 3.05) is 25.5 Å². The topological polar surface area (TPSA) is 77.7 Å². The number of anilines is 1. The Balaban J connectivity index is 1.48. The minimum absolute atomic E-state index is 0.186.